The average Bonchev–Trinajstić information content (AvgIpc) is 2.34. The minimum Gasteiger partial charge on any atom is -0.460 e. The fourth-order valence-electron chi connectivity index (χ4n) is 1.27. The molecule has 1 rings (SSSR count). The van der Waals surface area contributed by atoms with Crippen molar-refractivity contribution in [2.24, 2.45) is 5.92 Å². The van der Waals surface area contributed by atoms with Crippen LogP contribution in [0.25, 0.3) is 0 Å². The average molecular weight is 215 g/mol. The van der Waals surface area contributed by atoms with E-state index < -0.39 is 11.9 Å². The van der Waals surface area contributed by atoms with Crippen molar-refractivity contribution in [2.75, 3.05) is 6.61 Å². The SMILES string of the molecule is C=CCOC(=O)C(C#N)Cc1ccccc1. The molecule has 1 aromatic rings. The standard InChI is InChI=1S/C13H13NO2/c1-2-8-16-13(15)12(10-14)9-11-6-4-3-5-7-11/h2-7,12H,1,8-9H2. The van der Waals surface area contributed by atoms with Gasteiger partial charge in [0.05, 0.1) is 6.07 Å². The van der Waals surface area contributed by atoms with E-state index in [1.807, 2.05) is 36.4 Å². The molecule has 82 valence electrons. The molecule has 3 nitrogen and oxygen atoms in total. The van der Waals surface area contributed by atoms with Crippen LogP contribution in [-0.2, 0) is 16.0 Å². The highest BCUT2D eigenvalue weighted by Crippen LogP contribution is 2.09. The number of hydrogen-bond acceptors (Lipinski definition) is 3. The fraction of sp³-hybridized carbons (Fsp3) is 0.231. The Bertz CT molecular complexity index is 392. The van der Waals surface area contributed by atoms with Crippen LogP contribution < -0.4 is 0 Å². The van der Waals surface area contributed by atoms with Gasteiger partial charge in [0.1, 0.15) is 12.5 Å². The first-order valence-electron chi connectivity index (χ1n) is 4.99. The molecular formula is C13H13NO2. The van der Waals surface area contributed by atoms with E-state index >= 15 is 0 Å². The normalized spacial score (nSPS) is 11.2. The lowest BCUT2D eigenvalue weighted by Gasteiger charge is -2.07. The van der Waals surface area contributed by atoms with Crippen LogP contribution in [0.3, 0.4) is 0 Å². The highest BCUT2D eigenvalue weighted by molar-refractivity contribution is 5.75. The summed E-state index contributed by atoms with van der Waals surface area (Å²) in [7, 11) is 0. The van der Waals surface area contributed by atoms with Crippen LogP contribution in [0.15, 0.2) is 43.0 Å². The molecule has 1 atom stereocenters. The second-order valence-corrected chi connectivity index (χ2v) is 3.29. The first-order chi connectivity index (χ1) is 7.77. The summed E-state index contributed by atoms with van der Waals surface area (Å²) in [5.41, 5.74) is 0.949. The summed E-state index contributed by atoms with van der Waals surface area (Å²) in [4.78, 5) is 11.4. The number of esters is 1. The Morgan fingerprint density at radius 3 is 2.75 bits per heavy atom. The topological polar surface area (TPSA) is 50.1 Å². The van der Waals surface area contributed by atoms with Gasteiger partial charge in [0.2, 0.25) is 0 Å². The second kappa shape index (κ2) is 6.41. The molecule has 1 aromatic carbocycles. The molecule has 0 saturated heterocycles. The highest BCUT2D eigenvalue weighted by atomic mass is 16.5. The van der Waals surface area contributed by atoms with Gasteiger partial charge in [-0.15, -0.1) is 0 Å². The molecule has 0 aromatic heterocycles. The van der Waals surface area contributed by atoms with Gasteiger partial charge in [-0.1, -0.05) is 43.0 Å². The smallest absolute Gasteiger partial charge is 0.323 e. The molecule has 0 radical (unpaired) electrons. The van der Waals surface area contributed by atoms with Gasteiger partial charge < -0.3 is 4.74 Å². The Kier molecular flexibility index (Phi) is 4.81. The predicted octanol–water partition coefficient (Wildman–Crippen LogP) is 2.10. The van der Waals surface area contributed by atoms with Crippen LogP contribution >= 0.6 is 0 Å². The fourth-order valence-corrected chi connectivity index (χ4v) is 1.27. The third kappa shape index (κ3) is 3.58. The Labute approximate surface area is 95.0 Å². The molecule has 0 amide bonds. The predicted molar refractivity (Wildman–Crippen MR) is 60.4 cm³/mol. The lowest BCUT2D eigenvalue weighted by atomic mass is 10.0. The number of ether oxygens (including phenoxy) is 1. The van der Waals surface area contributed by atoms with Crippen LogP contribution in [0.1, 0.15) is 5.56 Å². The maximum absolute atomic E-state index is 11.4. The van der Waals surface area contributed by atoms with Gasteiger partial charge in [-0.25, -0.2) is 0 Å². The molecule has 0 aliphatic heterocycles. The molecule has 1 unspecified atom stereocenters. The van der Waals surface area contributed by atoms with E-state index in [1.54, 1.807) is 0 Å². The summed E-state index contributed by atoms with van der Waals surface area (Å²) in [5, 5.41) is 8.88. The highest BCUT2D eigenvalue weighted by Gasteiger charge is 2.19. The number of carbonyl (C=O) groups excluding carboxylic acids is 1. The molecule has 0 heterocycles. The second-order valence-electron chi connectivity index (χ2n) is 3.29. The third-order valence-corrected chi connectivity index (χ3v) is 2.07. The summed E-state index contributed by atoms with van der Waals surface area (Å²) >= 11 is 0. The van der Waals surface area contributed by atoms with E-state index in [2.05, 4.69) is 6.58 Å². The van der Waals surface area contributed by atoms with E-state index in [1.165, 1.54) is 6.08 Å². The van der Waals surface area contributed by atoms with Crippen LogP contribution in [0, 0.1) is 17.2 Å². The molecule has 0 aliphatic carbocycles. The zero-order chi connectivity index (χ0) is 11.8. The Morgan fingerprint density at radius 2 is 2.19 bits per heavy atom. The number of nitrogens with zero attached hydrogens (tertiary/aromatic N) is 1. The minimum atomic E-state index is -0.748. The molecule has 0 bridgehead atoms. The molecule has 0 saturated carbocycles. The summed E-state index contributed by atoms with van der Waals surface area (Å²) in [6.07, 6.45) is 1.86. The van der Waals surface area contributed by atoms with Gasteiger partial charge in [0.15, 0.2) is 0 Å². The monoisotopic (exact) mass is 215 g/mol. The van der Waals surface area contributed by atoms with Crippen LogP contribution in [0.4, 0.5) is 0 Å². The zero-order valence-corrected chi connectivity index (χ0v) is 8.93. The maximum atomic E-state index is 11.4. The van der Waals surface area contributed by atoms with Gasteiger partial charge in [0, 0.05) is 0 Å². The first kappa shape index (κ1) is 12.0. The van der Waals surface area contributed by atoms with Gasteiger partial charge in [0.25, 0.3) is 0 Å². The van der Waals surface area contributed by atoms with Crippen molar-refractivity contribution < 1.29 is 9.53 Å². The Hall–Kier alpha value is -2.08. The lowest BCUT2D eigenvalue weighted by Crippen LogP contribution is -2.18. The number of carbonyl (C=O) groups is 1. The van der Waals surface area contributed by atoms with Crippen molar-refractivity contribution in [1.82, 2.24) is 0 Å². The zero-order valence-electron chi connectivity index (χ0n) is 8.93. The van der Waals surface area contributed by atoms with Crippen molar-refractivity contribution in [3.05, 3.63) is 48.6 Å². The van der Waals surface area contributed by atoms with Crippen molar-refractivity contribution in [3.63, 3.8) is 0 Å². The van der Waals surface area contributed by atoms with E-state index in [-0.39, 0.29) is 6.61 Å². The Balaban J connectivity index is 2.59. The van der Waals surface area contributed by atoms with Crippen LogP contribution in [0.2, 0.25) is 0 Å². The lowest BCUT2D eigenvalue weighted by molar-refractivity contribution is -0.145. The molecule has 16 heavy (non-hydrogen) atoms. The molecule has 0 fully saturated rings. The van der Waals surface area contributed by atoms with Crippen LogP contribution in [0.5, 0.6) is 0 Å². The molecule has 0 aliphatic rings. The molecule has 0 spiro atoms. The number of rotatable bonds is 5. The van der Waals surface area contributed by atoms with E-state index in [9.17, 15) is 4.79 Å². The summed E-state index contributed by atoms with van der Waals surface area (Å²) < 4.78 is 4.84. The van der Waals surface area contributed by atoms with E-state index in [0.717, 1.165) is 5.56 Å². The van der Waals surface area contributed by atoms with Crippen molar-refractivity contribution >= 4 is 5.97 Å². The van der Waals surface area contributed by atoms with E-state index in [4.69, 9.17) is 10.00 Å². The van der Waals surface area contributed by atoms with Crippen molar-refractivity contribution in [2.45, 2.75) is 6.42 Å². The quantitative estimate of drug-likeness (QED) is 0.558. The minimum absolute atomic E-state index is 0.145. The molecule has 3 heteroatoms. The largest absolute Gasteiger partial charge is 0.460 e. The Morgan fingerprint density at radius 1 is 1.50 bits per heavy atom. The van der Waals surface area contributed by atoms with Gasteiger partial charge in [-0.3, -0.25) is 4.79 Å². The van der Waals surface area contributed by atoms with Crippen molar-refractivity contribution in [1.29, 1.82) is 5.26 Å². The third-order valence-electron chi connectivity index (χ3n) is 2.07. The molecule has 0 N–H and O–H groups in total. The number of hydrogen-bond donors (Lipinski definition) is 0. The van der Waals surface area contributed by atoms with Gasteiger partial charge in [-0.2, -0.15) is 5.26 Å². The summed E-state index contributed by atoms with van der Waals surface area (Å²) in [5.74, 6) is -1.24. The van der Waals surface area contributed by atoms with Crippen molar-refractivity contribution in [3.8, 4) is 6.07 Å². The van der Waals surface area contributed by atoms with E-state index in [0.29, 0.717) is 6.42 Å². The number of benzene rings is 1. The molecular weight excluding hydrogens is 202 g/mol. The van der Waals surface area contributed by atoms with Gasteiger partial charge in [-0.05, 0) is 12.0 Å². The maximum Gasteiger partial charge on any atom is 0.323 e. The number of nitriles is 1. The summed E-state index contributed by atoms with van der Waals surface area (Å²) in [6.45, 7) is 3.59. The first-order valence-corrected chi connectivity index (χ1v) is 4.99. The van der Waals surface area contributed by atoms with Gasteiger partial charge >= 0.3 is 5.97 Å². The van der Waals surface area contributed by atoms with Crippen LogP contribution in [-0.4, -0.2) is 12.6 Å². The summed E-state index contributed by atoms with van der Waals surface area (Å²) in [6, 6.07) is 11.3.